The Morgan fingerprint density at radius 1 is 1.29 bits per heavy atom. The monoisotopic (exact) mass is 252 g/mol. The SMILES string of the molecule is COc1ccc(SNC2CCCCC2)c(N)c1. The third-order valence-electron chi connectivity index (χ3n) is 3.16. The van der Waals surface area contributed by atoms with E-state index in [0.717, 1.165) is 16.3 Å². The van der Waals surface area contributed by atoms with Gasteiger partial charge in [0.25, 0.3) is 0 Å². The van der Waals surface area contributed by atoms with Gasteiger partial charge in [0.05, 0.1) is 12.8 Å². The first-order valence-electron chi connectivity index (χ1n) is 6.15. The van der Waals surface area contributed by atoms with Crippen molar-refractivity contribution in [3.8, 4) is 5.75 Å². The molecule has 3 nitrogen and oxygen atoms in total. The summed E-state index contributed by atoms with van der Waals surface area (Å²) in [6.07, 6.45) is 6.63. The van der Waals surface area contributed by atoms with Gasteiger partial charge in [-0.1, -0.05) is 19.3 Å². The standard InChI is InChI=1S/C13H20N2OS/c1-16-11-7-8-13(12(14)9-11)17-15-10-5-3-2-4-6-10/h7-10,15H,2-6,14H2,1H3. The highest BCUT2D eigenvalue weighted by atomic mass is 32.2. The highest BCUT2D eigenvalue weighted by Crippen LogP contribution is 2.28. The molecule has 94 valence electrons. The van der Waals surface area contributed by atoms with Crippen LogP contribution in [-0.2, 0) is 0 Å². The van der Waals surface area contributed by atoms with Crippen LogP contribution in [0.4, 0.5) is 5.69 Å². The largest absolute Gasteiger partial charge is 0.497 e. The van der Waals surface area contributed by atoms with Crippen molar-refractivity contribution in [2.75, 3.05) is 12.8 Å². The van der Waals surface area contributed by atoms with E-state index in [1.165, 1.54) is 32.1 Å². The van der Waals surface area contributed by atoms with Gasteiger partial charge in [-0.15, -0.1) is 0 Å². The van der Waals surface area contributed by atoms with Gasteiger partial charge in [-0.2, -0.15) is 0 Å². The maximum absolute atomic E-state index is 5.97. The molecule has 1 saturated carbocycles. The van der Waals surface area contributed by atoms with Crippen LogP contribution >= 0.6 is 11.9 Å². The fourth-order valence-corrected chi connectivity index (χ4v) is 2.96. The molecule has 0 aliphatic heterocycles. The van der Waals surface area contributed by atoms with Crippen molar-refractivity contribution >= 4 is 17.6 Å². The van der Waals surface area contributed by atoms with Crippen molar-refractivity contribution in [2.45, 2.75) is 43.0 Å². The van der Waals surface area contributed by atoms with Gasteiger partial charge in [-0.25, -0.2) is 0 Å². The molecule has 3 N–H and O–H groups in total. The first kappa shape index (κ1) is 12.6. The van der Waals surface area contributed by atoms with Crippen molar-refractivity contribution in [2.24, 2.45) is 0 Å². The molecule has 0 heterocycles. The van der Waals surface area contributed by atoms with E-state index in [-0.39, 0.29) is 0 Å². The van der Waals surface area contributed by atoms with Crippen LogP contribution < -0.4 is 15.2 Å². The van der Waals surface area contributed by atoms with Gasteiger partial charge in [-0.3, -0.25) is 4.72 Å². The van der Waals surface area contributed by atoms with Gasteiger partial charge in [0.15, 0.2) is 0 Å². The number of nitrogens with two attached hydrogens (primary N) is 1. The molecule has 0 atom stereocenters. The lowest BCUT2D eigenvalue weighted by molar-refractivity contribution is 0.414. The molecule has 17 heavy (non-hydrogen) atoms. The average Bonchev–Trinajstić information content (AvgIpc) is 2.38. The molecule has 1 fully saturated rings. The van der Waals surface area contributed by atoms with E-state index >= 15 is 0 Å². The van der Waals surface area contributed by atoms with Crippen molar-refractivity contribution in [1.82, 2.24) is 4.72 Å². The number of hydrogen-bond acceptors (Lipinski definition) is 4. The predicted octanol–water partition coefficient (Wildman–Crippen LogP) is 3.21. The molecule has 4 heteroatoms. The van der Waals surface area contributed by atoms with E-state index < -0.39 is 0 Å². The molecular weight excluding hydrogens is 232 g/mol. The third-order valence-corrected chi connectivity index (χ3v) is 4.20. The molecule has 0 amide bonds. The van der Waals surface area contributed by atoms with Gasteiger partial charge in [0.2, 0.25) is 0 Å². The van der Waals surface area contributed by atoms with Crippen LogP contribution in [0.2, 0.25) is 0 Å². The number of methoxy groups -OCH3 is 1. The quantitative estimate of drug-likeness (QED) is 0.638. The second kappa shape index (κ2) is 6.17. The first-order chi connectivity index (χ1) is 8.29. The Hall–Kier alpha value is -0.870. The summed E-state index contributed by atoms with van der Waals surface area (Å²) in [5.41, 5.74) is 6.75. The van der Waals surface area contributed by atoms with Gasteiger partial charge >= 0.3 is 0 Å². The summed E-state index contributed by atoms with van der Waals surface area (Å²) in [5.74, 6) is 0.810. The molecule has 1 aliphatic carbocycles. The highest BCUT2D eigenvalue weighted by Gasteiger charge is 2.13. The fraction of sp³-hybridized carbons (Fsp3) is 0.538. The topological polar surface area (TPSA) is 47.3 Å². The molecular formula is C13H20N2OS. The van der Waals surface area contributed by atoms with E-state index in [2.05, 4.69) is 4.72 Å². The minimum absolute atomic E-state index is 0.634. The zero-order valence-corrected chi connectivity index (χ0v) is 11.1. The van der Waals surface area contributed by atoms with Crippen LogP contribution in [0.3, 0.4) is 0 Å². The van der Waals surface area contributed by atoms with Crippen LogP contribution in [0.5, 0.6) is 5.75 Å². The zero-order chi connectivity index (χ0) is 12.1. The van der Waals surface area contributed by atoms with E-state index in [4.69, 9.17) is 10.5 Å². The van der Waals surface area contributed by atoms with E-state index in [9.17, 15) is 0 Å². The number of anilines is 1. The second-order valence-corrected chi connectivity index (χ2v) is 5.34. The second-order valence-electron chi connectivity index (χ2n) is 4.46. The molecule has 0 bridgehead atoms. The first-order valence-corrected chi connectivity index (χ1v) is 6.97. The maximum Gasteiger partial charge on any atom is 0.120 e. The van der Waals surface area contributed by atoms with Gasteiger partial charge in [0.1, 0.15) is 5.75 Å². The van der Waals surface area contributed by atoms with E-state index in [0.29, 0.717) is 6.04 Å². The van der Waals surface area contributed by atoms with Crippen LogP contribution in [-0.4, -0.2) is 13.2 Å². The minimum atomic E-state index is 0.634. The summed E-state index contributed by atoms with van der Waals surface area (Å²) < 4.78 is 8.65. The number of hydrogen-bond donors (Lipinski definition) is 2. The number of ether oxygens (including phenoxy) is 1. The zero-order valence-electron chi connectivity index (χ0n) is 10.2. The Balaban J connectivity index is 1.89. The molecule has 1 aromatic rings. The summed E-state index contributed by atoms with van der Waals surface area (Å²) in [5, 5.41) is 0. The lowest BCUT2D eigenvalue weighted by atomic mass is 9.96. The normalized spacial score (nSPS) is 17.0. The number of benzene rings is 1. The van der Waals surface area contributed by atoms with Crippen LogP contribution in [0.1, 0.15) is 32.1 Å². The molecule has 0 radical (unpaired) electrons. The van der Waals surface area contributed by atoms with Crippen LogP contribution in [0.25, 0.3) is 0 Å². The van der Waals surface area contributed by atoms with Crippen molar-refractivity contribution in [1.29, 1.82) is 0 Å². The molecule has 0 spiro atoms. The Bertz CT molecular complexity index is 364. The predicted molar refractivity (Wildman–Crippen MR) is 73.3 cm³/mol. The fourth-order valence-electron chi connectivity index (χ4n) is 2.11. The van der Waals surface area contributed by atoms with Crippen molar-refractivity contribution < 1.29 is 4.74 Å². The molecule has 0 unspecified atom stereocenters. The van der Waals surface area contributed by atoms with E-state index in [1.54, 1.807) is 19.1 Å². The lowest BCUT2D eigenvalue weighted by Crippen LogP contribution is -2.25. The summed E-state index contributed by atoms with van der Waals surface area (Å²) in [4.78, 5) is 1.08. The minimum Gasteiger partial charge on any atom is -0.497 e. The molecule has 0 saturated heterocycles. The number of nitrogens with one attached hydrogen (secondary N) is 1. The number of rotatable bonds is 4. The Morgan fingerprint density at radius 3 is 2.71 bits per heavy atom. The number of nitrogen functional groups attached to an aromatic ring is 1. The maximum atomic E-state index is 5.97. The lowest BCUT2D eigenvalue weighted by Gasteiger charge is -2.22. The van der Waals surface area contributed by atoms with Crippen LogP contribution in [0.15, 0.2) is 23.1 Å². The molecule has 2 rings (SSSR count). The van der Waals surface area contributed by atoms with E-state index in [1.807, 2.05) is 18.2 Å². The Labute approximate surface area is 107 Å². The average molecular weight is 252 g/mol. The van der Waals surface area contributed by atoms with Crippen LogP contribution in [0, 0.1) is 0 Å². The van der Waals surface area contributed by atoms with Gasteiger partial charge < -0.3 is 10.5 Å². The molecule has 1 aliphatic rings. The smallest absolute Gasteiger partial charge is 0.120 e. The summed E-state index contributed by atoms with van der Waals surface area (Å²) >= 11 is 1.64. The van der Waals surface area contributed by atoms with Gasteiger partial charge in [-0.05, 0) is 36.9 Å². The summed E-state index contributed by atoms with van der Waals surface area (Å²) in [6.45, 7) is 0. The summed E-state index contributed by atoms with van der Waals surface area (Å²) in [7, 11) is 1.65. The Kier molecular flexibility index (Phi) is 4.57. The van der Waals surface area contributed by atoms with Gasteiger partial charge in [0, 0.05) is 17.0 Å². The third kappa shape index (κ3) is 3.54. The Morgan fingerprint density at radius 2 is 2.06 bits per heavy atom. The molecule has 1 aromatic carbocycles. The highest BCUT2D eigenvalue weighted by molar-refractivity contribution is 7.97. The summed E-state index contributed by atoms with van der Waals surface area (Å²) in [6, 6.07) is 6.45. The molecule has 0 aromatic heterocycles. The van der Waals surface area contributed by atoms with Crippen molar-refractivity contribution in [3.63, 3.8) is 0 Å². The van der Waals surface area contributed by atoms with Crippen molar-refractivity contribution in [3.05, 3.63) is 18.2 Å².